The Balaban J connectivity index is 0.000000175. The average molecular weight is 586 g/mol. The second-order valence-corrected chi connectivity index (χ2v) is 10.1. The molecular weight excluding hydrogens is 549 g/mol. The van der Waals surface area contributed by atoms with Crippen molar-refractivity contribution in [3.8, 4) is 17.2 Å². The van der Waals surface area contributed by atoms with Gasteiger partial charge in [-0.05, 0) is 53.6 Å². The summed E-state index contributed by atoms with van der Waals surface area (Å²) in [7, 11) is 0. The monoisotopic (exact) mass is 585 g/mol. The van der Waals surface area contributed by atoms with Gasteiger partial charge < -0.3 is 15.3 Å². The van der Waals surface area contributed by atoms with E-state index in [4.69, 9.17) is 0 Å². The van der Waals surface area contributed by atoms with Crippen LogP contribution in [0.3, 0.4) is 0 Å². The van der Waals surface area contributed by atoms with Crippen molar-refractivity contribution in [2.45, 2.75) is 59.3 Å². The molecule has 0 amide bonds. The first-order valence-corrected chi connectivity index (χ1v) is 14.6. The summed E-state index contributed by atoms with van der Waals surface area (Å²) in [6, 6.07) is 22.9. The summed E-state index contributed by atoms with van der Waals surface area (Å²) in [5.74, 6) is 0.264. The molecule has 0 spiro atoms. The van der Waals surface area contributed by atoms with Gasteiger partial charge in [0.1, 0.15) is 0 Å². The molecule has 0 unspecified atom stereocenters. The van der Waals surface area contributed by atoms with Crippen molar-refractivity contribution in [1.29, 1.82) is 0 Å². The Morgan fingerprint density at radius 2 is 0.721 bits per heavy atom. The van der Waals surface area contributed by atoms with Gasteiger partial charge in [0.15, 0.2) is 0 Å². The zero-order valence-electron chi connectivity index (χ0n) is 25.0. The van der Waals surface area contributed by atoms with Crippen LogP contribution in [-0.2, 0) is 19.3 Å². The first-order valence-electron chi connectivity index (χ1n) is 14.6. The minimum absolute atomic E-state index is 0. The van der Waals surface area contributed by atoms with Crippen LogP contribution in [0.25, 0.3) is 32.7 Å². The van der Waals surface area contributed by atoms with Gasteiger partial charge in [0, 0.05) is 18.6 Å². The summed E-state index contributed by atoms with van der Waals surface area (Å²) in [6.45, 7) is 6.21. The van der Waals surface area contributed by atoms with E-state index in [1.54, 1.807) is 18.6 Å². The summed E-state index contributed by atoms with van der Waals surface area (Å²) in [4.78, 5) is 12.3. The van der Waals surface area contributed by atoms with Gasteiger partial charge in [-0.2, -0.15) is 0 Å². The summed E-state index contributed by atoms with van der Waals surface area (Å²) in [5, 5.41) is 38.4. The third-order valence-corrected chi connectivity index (χ3v) is 6.99. The standard InChI is InChI=1S/3C12H13NO.Al/c3*1-2-4-10-7-6-9-5-3-8-13-11(9)12(10)14;/h3*3,5-8,14H,2,4H2,1H3;/q;;;+3/p-3. The van der Waals surface area contributed by atoms with Crippen LogP contribution >= 0.6 is 0 Å². The molecule has 3 aromatic carbocycles. The zero-order chi connectivity index (χ0) is 29.9. The Kier molecular flexibility index (Phi) is 12.8. The third-order valence-electron chi connectivity index (χ3n) is 6.99. The Hall–Kier alpha value is -4.18. The molecular formula is C36H36AlN3O3. The number of benzene rings is 3. The molecule has 7 heteroatoms. The molecule has 0 aliphatic rings. The number of fused-ring (bicyclic) bond motifs is 3. The largest absolute Gasteiger partial charge is 3.00 e. The number of pyridine rings is 3. The Morgan fingerprint density at radius 1 is 0.442 bits per heavy atom. The van der Waals surface area contributed by atoms with E-state index in [-0.39, 0.29) is 34.6 Å². The van der Waals surface area contributed by atoms with Crippen molar-refractivity contribution >= 4 is 50.1 Å². The number of hydrogen-bond acceptors (Lipinski definition) is 6. The zero-order valence-corrected chi connectivity index (χ0v) is 26.2. The molecule has 0 saturated carbocycles. The molecule has 3 aromatic heterocycles. The second-order valence-electron chi connectivity index (χ2n) is 10.1. The van der Waals surface area contributed by atoms with Crippen molar-refractivity contribution in [2.24, 2.45) is 0 Å². The molecule has 0 fully saturated rings. The maximum Gasteiger partial charge on any atom is 3.00 e. The van der Waals surface area contributed by atoms with Crippen LogP contribution in [0.2, 0.25) is 0 Å². The minimum Gasteiger partial charge on any atom is -0.871 e. The normalized spacial score (nSPS) is 10.4. The van der Waals surface area contributed by atoms with Gasteiger partial charge in [-0.15, -0.1) is 0 Å². The molecule has 3 heterocycles. The van der Waals surface area contributed by atoms with Gasteiger partial charge >= 0.3 is 17.4 Å². The van der Waals surface area contributed by atoms with Crippen molar-refractivity contribution in [3.05, 3.63) is 108 Å². The van der Waals surface area contributed by atoms with Crippen molar-refractivity contribution < 1.29 is 15.3 Å². The molecule has 0 N–H and O–H groups in total. The van der Waals surface area contributed by atoms with E-state index in [9.17, 15) is 15.3 Å². The molecule has 6 nitrogen and oxygen atoms in total. The van der Waals surface area contributed by atoms with Gasteiger partial charge in [0.05, 0.1) is 16.6 Å². The molecule has 216 valence electrons. The van der Waals surface area contributed by atoms with Crippen LogP contribution in [0.1, 0.15) is 56.7 Å². The van der Waals surface area contributed by atoms with Crippen LogP contribution in [0.15, 0.2) is 91.4 Å². The fourth-order valence-corrected chi connectivity index (χ4v) is 4.88. The van der Waals surface area contributed by atoms with E-state index < -0.39 is 0 Å². The molecule has 43 heavy (non-hydrogen) atoms. The Labute approximate surface area is 264 Å². The van der Waals surface area contributed by atoms with Crippen molar-refractivity contribution in [1.82, 2.24) is 15.0 Å². The number of hydrogen-bond donors (Lipinski definition) is 0. The first kappa shape index (κ1) is 33.3. The summed E-state index contributed by atoms with van der Waals surface area (Å²) >= 11 is 0. The minimum atomic E-state index is 0. The molecule has 0 aliphatic carbocycles. The smallest absolute Gasteiger partial charge is 0.871 e. The predicted molar refractivity (Wildman–Crippen MR) is 171 cm³/mol. The van der Waals surface area contributed by atoms with Crippen LogP contribution < -0.4 is 15.3 Å². The van der Waals surface area contributed by atoms with Crippen LogP contribution in [0.4, 0.5) is 0 Å². The Morgan fingerprint density at radius 3 is 0.977 bits per heavy atom. The van der Waals surface area contributed by atoms with Crippen LogP contribution in [-0.4, -0.2) is 32.3 Å². The number of rotatable bonds is 6. The molecule has 0 bridgehead atoms. The van der Waals surface area contributed by atoms with E-state index in [0.29, 0.717) is 16.6 Å². The van der Waals surface area contributed by atoms with E-state index in [1.165, 1.54) is 0 Å². The van der Waals surface area contributed by atoms with E-state index in [2.05, 4.69) is 35.7 Å². The summed E-state index contributed by atoms with van der Waals surface area (Å²) in [5.41, 5.74) is 4.41. The van der Waals surface area contributed by atoms with Gasteiger partial charge in [-0.1, -0.05) is 129 Å². The third kappa shape index (κ3) is 8.22. The first-order chi connectivity index (χ1) is 20.5. The van der Waals surface area contributed by atoms with Gasteiger partial charge in [0.2, 0.25) is 0 Å². The molecule has 0 radical (unpaired) electrons. The van der Waals surface area contributed by atoms with E-state index >= 15 is 0 Å². The molecule has 6 aromatic rings. The van der Waals surface area contributed by atoms with Crippen LogP contribution in [0.5, 0.6) is 17.2 Å². The van der Waals surface area contributed by atoms with E-state index in [1.807, 2.05) is 72.8 Å². The fourth-order valence-electron chi connectivity index (χ4n) is 4.88. The number of aryl methyl sites for hydroxylation is 3. The number of nitrogens with zero attached hydrogens (tertiary/aromatic N) is 3. The van der Waals surface area contributed by atoms with E-state index in [0.717, 1.165) is 71.4 Å². The Bertz CT molecular complexity index is 1570. The maximum absolute atomic E-state index is 11.9. The average Bonchev–Trinajstić information content (AvgIpc) is 3.03. The van der Waals surface area contributed by atoms with Gasteiger partial charge in [0.25, 0.3) is 0 Å². The quantitative estimate of drug-likeness (QED) is 0.209. The summed E-state index contributed by atoms with van der Waals surface area (Å²) < 4.78 is 0. The predicted octanol–water partition coefficient (Wildman–Crippen LogP) is 6.40. The SMILES string of the molecule is CCCc1ccc2cccnc2c1[O-].CCCc1ccc2cccnc2c1[O-].CCCc1ccc2cccnc2c1[O-].[Al+3]. The maximum atomic E-state index is 11.9. The van der Waals surface area contributed by atoms with Crippen molar-refractivity contribution in [3.63, 3.8) is 0 Å². The molecule has 6 rings (SSSR count). The van der Waals surface area contributed by atoms with Gasteiger partial charge in [-0.25, -0.2) is 0 Å². The fraction of sp³-hybridized carbons (Fsp3) is 0.250. The van der Waals surface area contributed by atoms with Gasteiger partial charge in [-0.3, -0.25) is 15.0 Å². The second kappa shape index (κ2) is 16.5. The molecule has 0 saturated heterocycles. The van der Waals surface area contributed by atoms with Crippen molar-refractivity contribution in [2.75, 3.05) is 0 Å². The molecule has 0 aliphatic heterocycles. The van der Waals surface area contributed by atoms with Crippen LogP contribution in [0, 0.1) is 0 Å². The topological polar surface area (TPSA) is 108 Å². The number of aromatic nitrogens is 3. The molecule has 0 atom stereocenters. The summed E-state index contributed by atoms with van der Waals surface area (Å²) in [6.07, 6.45) is 10.5.